The van der Waals surface area contributed by atoms with Crippen molar-refractivity contribution in [1.29, 1.82) is 0 Å². The molecule has 0 unspecified atom stereocenters. The van der Waals surface area contributed by atoms with E-state index in [-0.39, 0.29) is 0 Å². The van der Waals surface area contributed by atoms with Crippen molar-refractivity contribution in [3.05, 3.63) is 30.1 Å². The van der Waals surface area contributed by atoms with E-state index in [4.69, 9.17) is 4.74 Å². The lowest BCUT2D eigenvalue weighted by atomic mass is 10.3. The second-order valence-electron chi connectivity index (χ2n) is 1.99. The van der Waals surface area contributed by atoms with Gasteiger partial charge >= 0.3 is 0 Å². The van der Waals surface area contributed by atoms with E-state index in [9.17, 15) is 0 Å². The van der Waals surface area contributed by atoms with Crippen LogP contribution in [0.1, 0.15) is 12.5 Å². The van der Waals surface area contributed by atoms with E-state index in [1.54, 1.807) is 12.4 Å². The van der Waals surface area contributed by atoms with Gasteiger partial charge in [0.25, 0.3) is 0 Å². The Balaban J connectivity index is 2.43. The molecule has 0 saturated carbocycles. The molecule has 0 N–H and O–H groups in total. The van der Waals surface area contributed by atoms with Gasteiger partial charge in [-0.1, -0.05) is 0 Å². The summed E-state index contributed by atoms with van der Waals surface area (Å²) in [4.78, 5) is 3.90. The van der Waals surface area contributed by atoms with Crippen molar-refractivity contribution < 1.29 is 4.74 Å². The lowest BCUT2D eigenvalue weighted by Gasteiger charge is -1.98. The summed E-state index contributed by atoms with van der Waals surface area (Å²) in [7, 11) is 0. The van der Waals surface area contributed by atoms with Crippen molar-refractivity contribution in [2.45, 2.75) is 13.5 Å². The number of rotatable bonds is 3. The zero-order valence-electron chi connectivity index (χ0n) is 6.08. The Morgan fingerprint density at radius 1 is 1.40 bits per heavy atom. The average molecular weight is 137 g/mol. The van der Waals surface area contributed by atoms with Crippen molar-refractivity contribution in [3.8, 4) is 0 Å². The van der Waals surface area contributed by atoms with Gasteiger partial charge in [0, 0.05) is 19.0 Å². The Kier molecular flexibility index (Phi) is 2.90. The van der Waals surface area contributed by atoms with E-state index in [1.807, 2.05) is 19.1 Å². The monoisotopic (exact) mass is 137 g/mol. The second-order valence-corrected chi connectivity index (χ2v) is 1.99. The molecule has 1 heterocycles. The molecule has 1 rings (SSSR count). The first-order valence-electron chi connectivity index (χ1n) is 3.40. The fourth-order valence-corrected chi connectivity index (χ4v) is 0.699. The van der Waals surface area contributed by atoms with Gasteiger partial charge < -0.3 is 4.74 Å². The van der Waals surface area contributed by atoms with E-state index in [1.165, 1.54) is 5.56 Å². The minimum atomic E-state index is 0.693. The Hall–Kier alpha value is -0.890. The number of hydrogen-bond donors (Lipinski definition) is 0. The molecule has 1 aromatic rings. The lowest BCUT2D eigenvalue weighted by Crippen LogP contribution is -1.90. The van der Waals surface area contributed by atoms with Gasteiger partial charge in [-0.3, -0.25) is 4.98 Å². The molecular formula is C8H11NO. The van der Waals surface area contributed by atoms with Crippen LogP contribution < -0.4 is 0 Å². The quantitative estimate of drug-likeness (QED) is 0.631. The molecule has 0 amide bonds. The van der Waals surface area contributed by atoms with Crippen LogP contribution in [0.3, 0.4) is 0 Å². The normalized spacial score (nSPS) is 9.70. The molecule has 0 saturated heterocycles. The van der Waals surface area contributed by atoms with E-state index in [0.717, 1.165) is 6.61 Å². The summed E-state index contributed by atoms with van der Waals surface area (Å²) in [6.07, 6.45) is 3.54. The maximum atomic E-state index is 5.19. The van der Waals surface area contributed by atoms with Gasteiger partial charge in [0.2, 0.25) is 0 Å². The maximum Gasteiger partial charge on any atom is 0.0717 e. The van der Waals surface area contributed by atoms with Crippen LogP contribution in [-0.2, 0) is 11.3 Å². The first-order valence-corrected chi connectivity index (χ1v) is 3.40. The first kappa shape index (κ1) is 7.22. The third kappa shape index (κ3) is 2.15. The minimum absolute atomic E-state index is 0.693. The minimum Gasteiger partial charge on any atom is -0.377 e. The van der Waals surface area contributed by atoms with Crippen LogP contribution in [0.2, 0.25) is 0 Å². The van der Waals surface area contributed by atoms with Crippen LogP contribution in [0.25, 0.3) is 0 Å². The highest BCUT2D eigenvalue weighted by Gasteiger charge is 1.87. The van der Waals surface area contributed by atoms with Crippen molar-refractivity contribution in [2.75, 3.05) is 6.61 Å². The maximum absolute atomic E-state index is 5.19. The SMILES string of the molecule is CCOCc1ccncc1. The van der Waals surface area contributed by atoms with Gasteiger partial charge in [-0.25, -0.2) is 0 Å². The molecule has 1 aromatic heterocycles. The molecule has 0 aliphatic carbocycles. The summed E-state index contributed by atoms with van der Waals surface area (Å²) in [5.74, 6) is 0. The number of aromatic nitrogens is 1. The van der Waals surface area contributed by atoms with Gasteiger partial charge in [0.1, 0.15) is 0 Å². The Morgan fingerprint density at radius 2 is 2.10 bits per heavy atom. The highest BCUT2D eigenvalue weighted by atomic mass is 16.5. The van der Waals surface area contributed by atoms with Crippen molar-refractivity contribution in [3.63, 3.8) is 0 Å². The number of nitrogens with zero attached hydrogens (tertiary/aromatic N) is 1. The molecule has 10 heavy (non-hydrogen) atoms. The summed E-state index contributed by atoms with van der Waals surface area (Å²) in [5, 5.41) is 0. The van der Waals surface area contributed by atoms with E-state index < -0.39 is 0 Å². The lowest BCUT2D eigenvalue weighted by molar-refractivity contribution is 0.134. The summed E-state index contributed by atoms with van der Waals surface area (Å²) < 4.78 is 5.19. The molecule has 0 aromatic carbocycles. The topological polar surface area (TPSA) is 22.1 Å². The molecular weight excluding hydrogens is 126 g/mol. The molecule has 0 radical (unpaired) electrons. The molecule has 0 fully saturated rings. The predicted octanol–water partition coefficient (Wildman–Crippen LogP) is 1.62. The summed E-state index contributed by atoms with van der Waals surface area (Å²) in [6.45, 7) is 3.45. The molecule has 54 valence electrons. The van der Waals surface area contributed by atoms with Crippen LogP contribution in [-0.4, -0.2) is 11.6 Å². The van der Waals surface area contributed by atoms with E-state index in [0.29, 0.717) is 6.61 Å². The zero-order chi connectivity index (χ0) is 7.23. The zero-order valence-corrected chi connectivity index (χ0v) is 6.08. The Bertz CT molecular complexity index is 174. The summed E-state index contributed by atoms with van der Waals surface area (Å²) in [5.41, 5.74) is 1.18. The first-order chi connectivity index (χ1) is 4.93. The molecule has 0 spiro atoms. The van der Waals surface area contributed by atoms with Crippen molar-refractivity contribution in [2.24, 2.45) is 0 Å². The second kappa shape index (κ2) is 4.01. The van der Waals surface area contributed by atoms with Crippen LogP contribution >= 0.6 is 0 Å². The fraction of sp³-hybridized carbons (Fsp3) is 0.375. The highest BCUT2D eigenvalue weighted by molar-refractivity contribution is 5.07. The van der Waals surface area contributed by atoms with Gasteiger partial charge in [0.05, 0.1) is 6.61 Å². The summed E-state index contributed by atoms with van der Waals surface area (Å²) in [6, 6.07) is 3.91. The molecule has 0 bridgehead atoms. The van der Waals surface area contributed by atoms with E-state index >= 15 is 0 Å². The molecule has 0 atom stereocenters. The molecule has 2 nitrogen and oxygen atoms in total. The van der Waals surface area contributed by atoms with Crippen molar-refractivity contribution in [1.82, 2.24) is 4.98 Å². The molecule has 2 heteroatoms. The van der Waals surface area contributed by atoms with Crippen LogP contribution in [0.15, 0.2) is 24.5 Å². The number of pyridine rings is 1. The smallest absolute Gasteiger partial charge is 0.0717 e. The Morgan fingerprint density at radius 3 is 2.70 bits per heavy atom. The third-order valence-corrected chi connectivity index (χ3v) is 1.22. The largest absolute Gasteiger partial charge is 0.377 e. The van der Waals surface area contributed by atoms with Gasteiger partial charge in [-0.15, -0.1) is 0 Å². The predicted molar refractivity (Wildman–Crippen MR) is 39.6 cm³/mol. The van der Waals surface area contributed by atoms with Gasteiger partial charge in [-0.2, -0.15) is 0 Å². The molecule has 0 aliphatic heterocycles. The van der Waals surface area contributed by atoms with E-state index in [2.05, 4.69) is 4.98 Å². The third-order valence-electron chi connectivity index (χ3n) is 1.22. The van der Waals surface area contributed by atoms with Gasteiger partial charge in [0.15, 0.2) is 0 Å². The van der Waals surface area contributed by atoms with Gasteiger partial charge in [-0.05, 0) is 24.6 Å². The fourth-order valence-electron chi connectivity index (χ4n) is 0.699. The highest BCUT2D eigenvalue weighted by Crippen LogP contribution is 1.97. The number of ether oxygens (including phenoxy) is 1. The molecule has 0 aliphatic rings. The Labute approximate surface area is 60.9 Å². The van der Waals surface area contributed by atoms with Crippen LogP contribution in [0.5, 0.6) is 0 Å². The summed E-state index contributed by atoms with van der Waals surface area (Å²) >= 11 is 0. The average Bonchev–Trinajstić information content (AvgIpc) is 2.03. The standard InChI is InChI=1S/C8H11NO/c1-2-10-7-8-3-5-9-6-4-8/h3-6H,2,7H2,1H3. The van der Waals surface area contributed by atoms with Crippen molar-refractivity contribution >= 4 is 0 Å². The van der Waals surface area contributed by atoms with Crippen LogP contribution in [0.4, 0.5) is 0 Å². The number of hydrogen-bond acceptors (Lipinski definition) is 2. The van der Waals surface area contributed by atoms with Crippen LogP contribution in [0, 0.1) is 0 Å².